The van der Waals surface area contributed by atoms with E-state index in [1.165, 1.54) is 0 Å². The predicted octanol–water partition coefficient (Wildman–Crippen LogP) is 2.25. The van der Waals surface area contributed by atoms with E-state index in [0.717, 1.165) is 16.7 Å². The van der Waals surface area contributed by atoms with Crippen LogP contribution in [0.3, 0.4) is 0 Å². The predicted molar refractivity (Wildman–Crippen MR) is 56.6 cm³/mol. The zero-order valence-corrected chi connectivity index (χ0v) is 8.77. The summed E-state index contributed by atoms with van der Waals surface area (Å²) >= 11 is 6.09. The maximum Gasteiger partial charge on any atom is 0.314 e. The van der Waals surface area contributed by atoms with Crippen molar-refractivity contribution in [2.24, 2.45) is 0 Å². The Morgan fingerprint density at radius 1 is 1.29 bits per heavy atom. The number of carbonyl (C=O) groups excluding carboxylic acids is 2. The maximum absolute atomic E-state index is 11.2. The molecule has 0 unspecified atom stereocenters. The Labute approximate surface area is 90.8 Å². The van der Waals surface area contributed by atoms with E-state index in [9.17, 15) is 9.59 Å². The van der Waals surface area contributed by atoms with E-state index in [4.69, 9.17) is 11.6 Å². The first-order chi connectivity index (χ1) is 6.68. The second-order valence-electron chi connectivity index (χ2n) is 2.41. The van der Waals surface area contributed by atoms with Gasteiger partial charge in [0.2, 0.25) is 5.12 Å². The smallest absolute Gasteiger partial charge is 0.314 e. The maximum atomic E-state index is 11.2. The van der Waals surface area contributed by atoms with Gasteiger partial charge in [-0.25, -0.2) is 0 Å². The van der Waals surface area contributed by atoms with E-state index in [0.29, 0.717) is 0 Å². The van der Waals surface area contributed by atoms with E-state index in [1.807, 2.05) is 30.3 Å². The number of thioether (sulfide) groups is 1. The van der Waals surface area contributed by atoms with Crippen molar-refractivity contribution in [1.29, 1.82) is 0 Å². The summed E-state index contributed by atoms with van der Waals surface area (Å²) < 4.78 is 0. The van der Waals surface area contributed by atoms with Crippen LogP contribution < -0.4 is 5.32 Å². The summed E-state index contributed by atoms with van der Waals surface area (Å²) in [6.07, 6.45) is 0. The average Bonchev–Trinajstić information content (AvgIpc) is 2.16. The fourth-order valence-electron chi connectivity index (χ4n) is 0.798. The monoisotopic (exact) mass is 229 g/mol. The lowest BCUT2D eigenvalue weighted by atomic mass is 10.4. The second kappa shape index (κ2) is 5.67. The highest BCUT2D eigenvalue weighted by Gasteiger charge is 2.04. The van der Waals surface area contributed by atoms with Gasteiger partial charge >= 0.3 is 5.37 Å². The van der Waals surface area contributed by atoms with Gasteiger partial charge in [0.1, 0.15) is 0 Å². The van der Waals surface area contributed by atoms with Crippen LogP contribution in [0.2, 0.25) is 0 Å². The van der Waals surface area contributed by atoms with E-state index < -0.39 is 5.37 Å². The van der Waals surface area contributed by atoms with Crippen LogP contribution in [0.15, 0.2) is 35.2 Å². The summed E-state index contributed by atoms with van der Waals surface area (Å²) in [5.74, 6) is 0. The Balaban J connectivity index is 2.38. The Morgan fingerprint density at radius 3 is 2.50 bits per heavy atom. The summed E-state index contributed by atoms with van der Waals surface area (Å²) in [7, 11) is 0. The summed E-state index contributed by atoms with van der Waals surface area (Å²) in [6, 6.07) is 9.21. The number of hydrogen-bond acceptors (Lipinski definition) is 3. The number of carbonyl (C=O) groups is 2. The molecule has 0 fully saturated rings. The van der Waals surface area contributed by atoms with Crippen molar-refractivity contribution >= 4 is 33.8 Å². The molecule has 0 atom stereocenters. The molecular weight excluding hydrogens is 222 g/mol. The highest BCUT2D eigenvalue weighted by Crippen LogP contribution is 2.17. The third kappa shape index (κ3) is 4.30. The minimum absolute atomic E-state index is 0.0537. The summed E-state index contributed by atoms with van der Waals surface area (Å²) in [6.45, 7) is -0.0537. The van der Waals surface area contributed by atoms with Crippen LogP contribution in [-0.2, 0) is 4.79 Å². The van der Waals surface area contributed by atoms with Crippen molar-refractivity contribution < 1.29 is 9.59 Å². The van der Waals surface area contributed by atoms with Crippen molar-refractivity contribution in [3.63, 3.8) is 0 Å². The van der Waals surface area contributed by atoms with Crippen LogP contribution in [0.25, 0.3) is 0 Å². The van der Waals surface area contributed by atoms with E-state index >= 15 is 0 Å². The molecule has 0 aliphatic rings. The van der Waals surface area contributed by atoms with Crippen molar-refractivity contribution in [1.82, 2.24) is 5.32 Å². The van der Waals surface area contributed by atoms with Gasteiger partial charge in [-0.3, -0.25) is 9.59 Å². The van der Waals surface area contributed by atoms with Gasteiger partial charge in [0, 0.05) is 4.90 Å². The van der Waals surface area contributed by atoms with Gasteiger partial charge < -0.3 is 5.32 Å². The van der Waals surface area contributed by atoms with Gasteiger partial charge in [0.05, 0.1) is 6.54 Å². The molecule has 5 heteroatoms. The number of hydrogen-bond donors (Lipinski definition) is 1. The lowest BCUT2D eigenvalue weighted by molar-refractivity contribution is -0.110. The first kappa shape index (κ1) is 11.1. The molecule has 1 aromatic carbocycles. The van der Waals surface area contributed by atoms with Crippen LogP contribution >= 0.6 is 23.4 Å². The zero-order valence-electron chi connectivity index (χ0n) is 7.20. The number of amides is 1. The molecule has 3 nitrogen and oxygen atoms in total. The Bertz CT molecular complexity index is 329. The molecule has 0 aliphatic carbocycles. The molecule has 14 heavy (non-hydrogen) atoms. The third-order valence-electron chi connectivity index (χ3n) is 1.35. The number of rotatable bonds is 3. The summed E-state index contributed by atoms with van der Waals surface area (Å²) in [4.78, 5) is 22.3. The summed E-state index contributed by atoms with van der Waals surface area (Å²) in [5, 5.41) is 1.36. The molecule has 1 aromatic rings. The van der Waals surface area contributed by atoms with Crippen LogP contribution in [0.5, 0.6) is 0 Å². The van der Waals surface area contributed by atoms with Crippen molar-refractivity contribution in [3.05, 3.63) is 30.3 Å². The highest BCUT2D eigenvalue weighted by atomic mass is 35.5. The molecule has 1 N–H and O–H groups in total. The van der Waals surface area contributed by atoms with Gasteiger partial charge in [-0.05, 0) is 23.7 Å². The molecule has 0 spiro atoms. The fraction of sp³-hybridized carbons (Fsp3) is 0.111. The highest BCUT2D eigenvalue weighted by molar-refractivity contribution is 8.13. The fourth-order valence-corrected chi connectivity index (χ4v) is 1.56. The van der Waals surface area contributed by atoms with Crippen LogP contribution in [0.4, 0.5) is 4.79 Å². The van der Waals surface area contributed by atoms with Gasteiger partial charge in [-0.15, -0.1) is 0 Å². The van der Waals surface area contributed by atoms with Crippen LogP contribution in [0, 0.1) is 0 Å². The minimum Gasteiger partial charge on any atom is -0.335 e. The van der Waals surface area contributed by atoms with E-state index in [-0.39, 0.29) is 11.7 Å². The quantitative estimate of drug-likeness (QED) is 0.491. The SMILES string of the molecule is O=C(Cl)NCC(=O)Sc1ccccc1. The van der Waals surface area contributed by atoms with Crippen LogP contribution in [-0.4, -0.2) is 17.0 Å². The number of benzene rings is 1. The van der Waals surface area contributed by atoms with Crippen molar-refractivity contribution in [2.45, 2.75) is 4.90 Å². The molecule has 0 aromatic heterocycles. The summed E-state index contributed by atoms with van der Waals surface area (Å²) in [5.41, 5.74) is 0. The van der Waals surface area contributed by atoms with Crippen LogP contribution in [0.1, 0.15) is 0 Å². The van der Waals surface area contributed by atoms with Gasteiger partial charge in [-0.2, -0.15) is 0 Å². The van der Waals surface area contributed by atoms with E-state index in [2.05, 4.69) is 5.32 Å². The van der Waals surface area contributed by atoms with Crippen molar-refractivity contribution in [2.75, 3.05) is 6.54 Å². The molecular formula is C9H8ClNO2S. The Morgan fingerprint density at radius 2 is 1.93 bits per heavy atom. The van der Waals surface area contributed by atoms with Gasteiger partial charge in [-0.1, -0.05) is 30.0 Å². The molecule has 0 radical (unpaired) electrons. The topological polar surface area (TPSA) is 46.2 Å². The number of halogens is 1. The lowest BCUT2D eigenvalue weighted by Crippen LogP contribution is -2.22. The Kier molecular flexibility index (Phi) is 4.49. The molecule has 0 saturated heterocycles. The first-order valence-corrected chi connectivity index (χ1v) is 5.07. The molecule has 0 aliphatic heterocycles. The standard InChI is InChI=1S/C9H8ClNO2S/c10-9(13)11-6-8(12)14-7-4-2-1-3-5-7/h1-5H,6H2,(H,11,13). The molecule has 74 valence electrons. The molecule has 1 amide bonds. The molecule has 0 heterocycles. The second-order valence-corrected chi connectivity index (χ2v) is 3.89. The van der Waals surface area contributed by atoms with E-state index in [1.54, 1.807) is 0 Å². The largest absolute Gasteiger partial charge is 0.335 e. The normalized spacial score (nSPS) is 9.50. The minimum atomic E-state index is -0.716. The molecule has 0 saturated carbocycles. The zero-order chi connectivity index (χ0) is 10.4. The van der Waals surface area contributed by atoms with Gasteiger partial charge in [0.15, 0.2) is 0 Å². The lowest BCUT2D eigenvalue weighted by Gasteiger charge is -1.99. The number of nitrogens with one attached hydrogen (secondary N) is 1. The molecule has 1 rings (SSSR count). The van der Waals surface area contributed by atoms with Gasteiger partial charge in [0.25, 0.3) is 0 Å². The molecule has 0 bridgehead atoms. The third-order valence-corrected chi connectivity index (χ3v) is 2.36. The first-order valence-electron chi connectivity index (χ1n) is 3.87. The Hall–Kier alpha value is -1.00. The van der Waals surface area contributed by atoms with Crippen molar-refractivity contribution in [3.8, 4) is 0 Å². The average molecular weight is 230 g/mol.